The monoisotopic (exact) mass is 351 g/mol. The van der Waals surface area contributed by atoms with Crippen LogP contribution in [0, 0.1) is 25.2 Å². The summed E-state index contributed by atoms with van der Waals surface area (Å²) in [6.45, 7) is 4.61. The molecule has 0 bridgehead atoms. The third kappa shape index (κ3) is 3.78. The molecule has 0 fully saturated rings. The fraction of sp³-hybridized carbons (Fsp3) is 0.211. The molecule has 25 heavy (non-hydrogen) atoms. The van der Waals surface area contributed by atoms with Crippen LogP contribution in [0.5, 0.6) is 0 Å². The fourth-order valence-corrected chi connectivity index (χ4v) is 3.24. The van der Waals surface area contributed by atoms with E-state index in [1.165, 1.54) is 11.3 Å². The van der Waals surface area contributed by atoms with Crippen molar-refractivity contribution in [3.8, 4) is 6.07 Å². The van der Waals surface area contributed by atoms with Gasteiger partial charge in [0.15, 0.2) is 0 Å². The average Bonchev–Trinajstić information content (AvgIpc) is 3.12. The summed E-state index contributed by atoms with van der Waals surface area (Å²) in [7, 11) is 0. The number of hydrogen-bond donors (Lipinski definition) is 1. The Hall–Kier alpha value is -2.91. The molecule has 126 valence electrons. The summed E-state index contributed by atoms with van der Waals surface area (Å²) < 4.78 is 5.21. The van der Waals surface area contributed by atoms with Crippen molar-refractivity contribution in [3.63, 3.8) is 0 Å². The van der Waals surface area contributed by atoms with Crippen LogP contribution in [0.15, 0.2) is 35.7 Å². The number of nitrogens with one attached hydrogen (secondary N) is 1. The molecular formula is C19H17N3O2S. The number of pyridine rings is 1. The van der Waals surface area contributed by atoms with Crippen molar-refractivity contribution in [1.29, 1.82) is 5.26 Å². The summed E-state index contributed by atoms with van der Waals surface area (Å²) >= 11 is 1.35. The van der Waals surface area contributed by atoms with Crippen molar-refractivity contribution in [2.75, 3.05) is 18.5 Å². The minimum atomic E-state index is -0.338. The van der Waals surface area contributed by atoms with Gasteiger partial charge in [-0.1, -0.05) is 12.1 Å². The van der Waals surface area contributed by atoms with Gasteiger partial charge in [0.1, 0.15) is 23.4 Å². The first-order chi connectivity index (χ1) is 12.1. The zero-order valence-electron chi connectivity index (χ0n) is 14.0. The van der Waals surface area contributed by atoms with Crippen LogP contribution in [-0.2, 0) is 4.74 Å². The maximum atomic E-state index is 11.8. The Kier molecular flexibility index (Phi) is 4.96. The summed E-state index contributed by atoms with van der Waals surface area (Å²) in [5, 5.41) is 15.3. The molecule has 1 aromatic carbocycles. The van der Waals surface area contributed by atoms with Gasteiger partial charge in [-0.2, -0.15) is 5.26 Å². The lowest BCUT2D eigenvalue weighted by Gasteiger charge is -2.11. The van der Waals surface area contributed by atoms with Crippen molar-refractivity contribution in [2.24, 2.45) is 0 Å². The van der Waals surface area contributed by atoms with Crippen LogP contribution in [-0.4, -0.2) is 24.1 Å². The van der Waals surface area contributed by atoms with E-state index in [-0.39, 0.29) is 12.6 Å². The number of carbonyl (C=O) groups excluding carboxylic acids is 1. The lowest BCUT2D eigenvalue weighted by Crippen LogP contribution is -2.14. The lowest BCUT2D eigenvalue weighted by atomic mass is 10.0. The first-order valence-electron chi connectivity index (χ1n) is 7.85. The fourth-order valence-electron chi connectivity index (χ4n) is 2.63. The summed E-state index contributed by atoms with van der Waals surface area (Å²) in [5.74, 6) is 0.169. The third-order valence-electron chi connectivity index (χ3n) is 3.76. The predicted octanol–water partition coefficient (Wildman–Crippen LogP) is 4.05. The number of carbonyl (C=O) groups is 1. The van der Waals surface area contributed by atoms with Gasteiger partial charge < -0.3 is 10.1 Å². The Bertz CT molecular complexity index is 959. The number of fused-ring (bicyclic) bond motifs is 1. The summed E-state index contributed by atoms with van der Waals surface area (Å²) in [6, 6.07) is 11.6. The predicted molar refractivity (Wildman–Crippen MR) is 99.0 cm³/mol. The second-order valence-corrected chi connectivity index (χ2v) is 6.63. The van der Waals surface area contributed by atoms with E-state index in [4.69, 9.17) is 4.74 Å². The minimum absolute atomic E-state index is 0.203. The Balaban J connectivity index is 1.70. The quantitative estimate of drug-likeness (QED) is 0.554. The number of hydrogen-bond acceptors (Lipinski definition) is 6. The zero-order valence-corrected chi connectivity index (χ0v) is 14.8. The number of rotatable bonds is 5. The summed E-state index contributed by atoms with van der Waals surface area (Å²) in [6.07, 6.45) is 0. The standard InChI is InChI=1S/C19H17N3O2S/c1-12-8-13(2)15-10-14(11-20)18(22-16(15)9-12)21-5-6-24-19(23)17-4-3-7-25-17/h3-4,7-10H,5-6H2,1-2H3,(H,21,22). The number of aryl methyl sites for hydroxylation is 2. The van der Waals surface area contributed by atoms with Gasteiger partial charge in [0.05, 0.1) is 17.6 Å². The maximum absolute atomic E-state index is 11.8. The van der Waals surface area contributed by atoms with Crippen molar-refractivity contribution in [3.05, 3.63) is 57.3 Å². The highest BCUT2D eigenvalue weighted by Crippen LogP contribution is 2.24. The number of aromatic nitrogens is 1. The normalized spacial score (nSPS) is 10.4. The first-order valence-corrected chi connectivity index (χ1v) is 8.73. The van der Waals surface area contributed by atoms with E-state index in [1.807, 2.05) is 37.4 Å². The molecule has 0 saturated carbocycles. The van der Waals surface area contributed by atoms with Gasteiger partial charge >= 0.3 is 5.97 Å². The van der Waals surface area contributed by atoms with Crippen molar-refractivity contribution >= 4 is 34.0 Å². The number of nitrogens with zero attached hydrogens (tertiary/aromatic N) is 2. The highest BCUT2D eigenvalue weighted by molar-refractivity contribution is 7.11. The van der Waals surface area contributed by atoms with Crippen LogP contribution in [0.1, 0.15) is 26.4 Å². The number of anilines is 1. The molecule has 3 rings (SSSR count). The molecule has 2 heterocycles. The smallest absolute Gasteiger partial charge is 0.348 e. The Morgan fingerprint density at radius 2 is 2.20 bits per heavy atom. The number of benzene rings is 1. The molecule has 2 aromatic heterocycles. The SMILES string of the molecule is Cc1cc(C)c2cc(C#N)c(NCCOC(=O)c3cccs3)nc2c1. The average molecular weight is 351 g/mol. The van der Waals surface area contributed by atoms with Crippen LogP contribution in [0.3, 0.4) is 0 Å². The molecule has 0 atom stereocenters. The van der Waals surface area contributed by atoms with Gasteiger partial charge in [0.2, 0.25) is 0 Å². The van der Waals surface area contributed by atoms with Crippen molar-refractivity contribution in [1.82, 2.24) is 4.98 Å². The van der Waals surface area contributed by atoms with E-state index in [0.717, 1.165) is 22.0 Å². The zero-order chi connectivity index (χ0) is 17.8. The van der Waals surface area contributed by atoms with Gasteiger partial charge in [0, 0.05) is 5.39 Å². The molecule has 3 aromatic rings. The molecule has 1 N–H and O–H groups in total. The second kappa shape index (κ2) is 7.32. The topological polar surface area (TPSA) is 75.0 Å². The van der Waals surface area contributed by atoms with Crippen LogP contribution in [0.25, 0.3) is 10.9 Å². The molecule has 5 nitrogen and oxygen atoms in total. The maximum Gasteiger partial charge on any atom is 0.348 e. The van der Waals surface area contributed by atoms with Crippen LogP contribution >= 0.6 is 11.3 Å². The molecule has 0 spiro atoms. The van der Waals surface area contributed by atoms with E-state index < -0.39 is 0 Å². The third-order valence-corrected chi connectivity index (χ3v) is 4.61. The molecule has 6 heteroatoms. The molecule has 0 amide bonds. The van der Waals surface area contributed by atoms with E-state index in [2.05, 4.69) is 22.4 Å². The Morgan fingerprint density at radius 3 is 2.92 bits per heavy atom. The van der Waals surface area contributed by atoms with E-state index in [0.29, 0.717) is 22.8 Å². The molecule has 0 aliphatic heterocycles. The van der Waals surface area contributed by atoms with E-state index in [1.54, 1.807) is 6.07 Å². The summed E-state index contributed by atoms with van der Waals surface area (Å²) in [5.41, 5.74) is 3.53. The van der Waals surface area contributed by atoms with Crippen molar-refractivity contribution < 1.29 is 9.53 Å². The number of esters is 1. The number of ether oxygens (including phenoxy) is 1. The molecule has 0 saturated heterocycles. The molecule has 0 radical (unpaired) electrons. The molecule has 0 unspecified atom stereocenters. The van der Waals surface area contributed by atoms with Gasteiger partial charge in [0.25, 0.3) is 0 Å². The van der Waals surface area contributed by atoms with Crippen LogP contribution in [0.4, 0.5) is 5.82 Å². The van der Waals surface area contributed by atoms with E-state index >= 15 is 0 Å². The van der Waals surface area contributed by atoms with Gasteiger partial charge in [-0.05, 0) is 48.6 Å². The molecule has 0 aliphatic rings. The summed E-state index contributed by atoms with van der Waals surface area (Å²) in [4.78, 5) is 16.9. The van der Waals surface area contributed by atoms with Crippen LogP contribution in [0.2, 0.25) is 0 Å². The second-order valence-electron chi connectivity index (χ2n) is 5.68. The number of thiophene rings is 1. The highest BCUT2D eigenvalue weighted by atomic mass is 32.1. The number of nitriles is 1. The minimum Gasteiger partial charge on any atom is -0.460 e. The van der Waals surface area contributed by atoms with Gasteiger partial charge in [-0.25, -0.2) is 9.78 Å². The highest BCUT2D eigenvalue weighted by Gasteiger charge is 2.10. The van der Waals surface area contributed by atoms with Crippen molar-refractivity contribution in [2.45, 2.75) is 13.8 Å². The first kappa shape index (κ1) is 16.9. The lowest BCUT2D eigenvalue weighted by molar-refractivity contribution is 0.0526. The molecule has 0 aliphatic carbocycles. The Labute approximate surface area is 149 Å². The van der Waals surface area contributed by atoms with Crippen LogP contribution < -0.4 is 5.32 Å². The Morgan fingerprint density at radius 1 is 1.36 bits per heavy atom. The van der Waals surface area contributed by atoms with E-state index in [9.17, 15) is 10.1 Å². The van der Waals surface area contributed by atoms with Gasteiger partial charge in [-0.3, -0.25) is 0 Å². The van der Waals surface area contributed by atoms with Gasteiger partial charge in [-0.15, -0.1) is 11.3 Å². The largest absolute Gasteiger partial charge is 0.460 e. The molecular weight excluding hydrogens is 334 g/mol.